The largest absolute Gasteiger partial charge is 0.322 e. The molecular weight excluding hydrogens is 490 g/mol. The number of hydrogen-bond donors (Lipinski definition) is 2. The molecule has 3 unspecified atom stereocenters. The highest BCUT2D eigenvalue weighted by Gasteiger charge is 2.57. The number of rotatable bonds is 8. The minimum atomic E-state index is -0.556. The van der Waals surface area contributed by atoms with Crippen molar-refractivity contribution in [2.24, 2.45) is 17.8 Å². The topological polar surface area (TPSA) is 85.0 Å². The van der Waals surface area contributed by atoms with Gasteiger partial charge in [-0.25, -0.2) is 0 Å². The van der Waals surface area contributed by atoms with Crippen LogP contribution >= 0.6 is 0 Å². The predicted octanol–water partition coefficient (Wildman–Crippen LogP) is 2.17. The first kappa shape index (κ1) is 25.7. The summed E-state index contributed by atoms with van der Waals surface area (Å²) in [6, 6.07) is 5.44. The third-order valence-corrected chi connectivity index (χ3v) is 11.0. The van der Waals surface area contributed by atoms with Gasteiger partial charge in [0.2, 0.25) is 11.8 Å². The van der Waals surface area contributed by atoms with Crippen LogP contribution in [-0.2, 0) is 22.6 Å². The van der Waals surface area contributed by atoms with E-state index in [1.165, 1.54) is 50.6 Å². The molecule has 0 radical (unpaired) electrons. The highest BCUT2D eigenvalue weighted by atomic mass is 16.2. The number of piperidine rings is 1. The number of imide groups is 1. The molecule has 1 aromatic carbocycles. The molecule has 8 rings (SSSR count). The maximum Gasteiger partial charge on any atom is 0.255 e. The van der Waals surface area contributed by atoms with Gasteiger partial charge in [0.25, 0.3) is 5.91 Å². The molecule has 3 amide bonds. The Morgan fingerprint density at radius 1 is 0.949 bits per heavy atom. The summed E-state index contributed by atoms with van der Waals surface area (Å²) in [7, 11) is 0. The van der Waals surface area contributed by atoms with Gasteiger partial charge in [0.15, 0.2) is 0 Å². The molecule has 7 aliphatic rings. The normalized spacial score (nSPS) is 34.6. The summed E-state index contributed by atoms with van der Waals surface area (Å²) in [4.78, 5) is 44.0. The molecule has 0 spiro atoms. The summed E-state index contributed by atoms with van der Waals surface area (Å²) in [5.74, 6) is 2.28. The Morgan fingerprint density at radius 3 is 2.49 bits per heavy atom. The summed E-state index contributed by atoms with van der Waals surface area (Å²) in [6.45, 7) is 8.24. The molecule has 4 bridgehead atoms. The number of amides is 3. The number of carbonyl (C=O) groups excluding carboxylic acids is 3. The van der Waals surface area contributed by atoms with Crippen LogP contribution in [0.5, 0.6) is 0 Å². The fraction of sp³-hybridized carbons (Fsp3) is 0.710. The molecule has 3 heterocycles. The van der Waals surface area contributed by atoms with Crippen molar-refractivity contribution in [2.45, 2.75) is 75.9 Å². The molecule has 210 valence electrons. The number of nitrogens with one attached hydrogen (secondary N) is 2. The first-order valence-electron chi connectivity index (χ1n) is 15.4. The van der Waals surface area contributed by atoms with Crippen LogP contribution in [0.25, 0.3) is 0 Å². The minimum absolute atomic E-state index is 0.0847. The van der Waals surface area contributed by atoms with Gasteiger partial charge in [0.05, 0.1) is 0 Å². The lowest BCUT2D eigenvalue weighted by molar-refractivity contribution is -0.136. The second-order valence-electron chi connectivity index (χ2n) is 13.3. The van der Waals surface area contributed by atoms with Crippen LogP contribution in [0.15, 0.2) is 18.2 Å². The Balaban J connectivity index is 0.901. The Morgan fingerprint density at radius 2 is 1.72 bits per heavy atom. The van der Waals surface area contributed by atoms with Crippen molar-refractivity contribution in [1.29, 1.82) is 0 Å². The Kier molecular flexibility index (Phi) is 6.76. The van der Waals surface area contributed by atoms with Crippen LogP contribution in [0.3, 0.4) is 0 Å². The zero-order chi connectivity index (χ0) is 26.6. The van der Waals surface area contributed by atoms with Crippen LogP contribution < -0.4 is 10.6 Å². The molecule has 1 aromatic rings. The first-order chi connectivity index (χ1) is 19.0. The lowest BCUT2D eigenvalue weighted by atomic mass is 9.80. The number of nitrogens with zero attached hydrogens (tertiary/aromatic N) is 3. The van der Waals surface area contributed by atoms with E-state index in [1.54, 1.807) is 4.90 Å². The van der Waals surface area contributed by atoms with Gasteiger partial charge < -0.3 is 20.0 Å². The smallest absolute Gasteiger partial charge is 0.255 e. The van der Waals surface area contributed by atoms with Crippen molar-refractivity contribution < 1.29 is 14.4 Å². The van der Waals surface area contributed by atoms with Crippen molar-refractivity contribution in [3.8, 4) is 0 Å². The molecule has 8 heteroatoms. The third kappa shape index (κ3) is 4.82. The van der Waals surface area contributed by atoms with E-state index in [4.69, 9.17) is 0 Å². The molecule has 8 nitrogen and oxygen atoms in total. The second-order valence-corrected chi connectivity index (χ2v) is 13.3. The zero-order valence-corrected chi connectivity index (χ0v) is 23.1. The fourth-order valence-corrected chi connectivity index (χ4v) is 9.18. The van der Waals surface area contributed by atoms with Gasteiger partial charge >= 0.3 is 0 Å². The predicted molar refractivity (Wildman–Crippen MR) is 148 cm³/mol. The summed E-state index contributed by atoms with van der Waals surface area (Å²) in [5, 5.41) is 6.47. The molecule has 2 saturated heterocycles. The molecule has 3 atom stereocenters. The van der Waals surface area contributed by atoms with Crippen molar-refractivity contribution in [1.82, 2.24) is 25.3 Å². The van der Waals surface area contributed by atoms with E-state index in [9.17, 15) is 14.4 Å². The van der Waals surface area contributed by atoms with Crippen molar-refractivity contribution in [3.63, 3.8) is 0 Å². The summed E-state index contributed by atoms with van der Waals surface area (Å²) in [6.07, 6.45) is 10.1. The quantitative estimate of drug-likeness (QED) is 0.499. The first-order valence-corrected chi connectivity index (χ1v) is 15.4. The van der Waals surface area contributed by atoms with Gasteiger partial charge in [0, 0.05) is 56.8 Å². The average Bonchev–Trinajstić information content (AvgIpc) is 3.36. The molecule has 4 saturated carbocycles. The van der Waals surface area contributed by atoms with Crippen LogP contribution in [0.1, 0.15) is 72.9 Å². The van der Waals surface area contributed by atoms with Gasteiger partial charge in [-0.15, -0.1) is 0 Å². The Hall–Kier alpha value is -2.29. The number of fused-ring (bicyclic) bond motifs is 1. The van der Waals surface area contributed by atoms with Crippen molar-refractivity contribution in [3.05, 3.63) is 34.9 Å². The zero-order valence-electron chi connectivity index (χ0n) is 23.1. The monoisotopic (exact) mass is 533 g/mol. The van der Waals surface area contributed by atoms with Crippen LogP contribution in [0, 0.1) is 17.8 Å². The lowest BCUT2D eigenvalue weighted by Crippen LogP contribution is -2.52. The van der Waals surface area contributed by atoms with E-state index in [1.807, 2.05) is 12.1 Å². The van der Waals surface area contributed by atoms with E-state index < -0.39 is 6.04 Å². The summed E-state index contributed by atoms with van der Waals surface area (Å²) >= 11 is 0. The molecule has 3 aliphatic heterocycles. The maximum absolute atomic E-state index is 13.2. The third-order valence-electron chi connectivity index (χ3n) is 11.0. The summed E-state index contributed by atoms with van der Waals surface area (Å²) < 4.78 is 0. The van der Waals surface area contributed by atoms with E-state index in [0.717, 1.165) is 74.6 Å². The van der Waals surface area contributed by atoms with E-state index in [2.05, 4.69) is 26.5 Å². The molecular formula is C31H43N5O3. The van der Waals surface area contributed by atoms with E-state index in [0.29, 0.717) is 18.5 Å². The SMILES string of the molecule is O=C1CCC(N2Cc3c(CCN4CCCN(CCNC56CC7CC(CC5C7)C6)CC4)cccc3C2=O)C(=O)N1. The maximum atomic E-state index is 13.2. The lowest BCUT2D eigenvalue weighted by Gasteiger charge is -2.35. The van der Waals surface area contributed by atoms with Gasteiger partial charge in [0.1, 0.15) is 6.04 Å². The van der Waals surface area contributed by atoms with Crippen LogP contribution in [0.2, 0.25) is 0 Å². The van der Waals surface area contributed by atoms with Crippen molar-refractivity contribution in [2.75, 3.05) is 45.8 Å². The number of hydrogen-bond acceptors (Lipinski definition) is 6. The molecule has 2 N–H and O–H groups in total. The fourth-order valence-electron chi connectivity index (χ4n) is 9.18. The van der Waals surface area contributed by atoms with Crippen LogP contribution in [-0.4, -0.2) is 89.8 Å². The van der Waals surface area contributed by atoms with Gasteiger partial charge in [-0.2, -0.15) is 0 Å². The van der Waals surface area contributed by atoms with E-state index in [-0.39, 0.29) is 24.1 Å². The second kappa shape index (κ2) is 10.3. The number of carbonyl (C=O) groups is 3. The van der Waals surface area contributed by atoms with E-state index >= 15 is 0 Å². The molecule has 39 heavy (non-hydrogen) atoms. The number of benzene rings is 1. The standard InChI is InChI=1S/C31H43N5O3/c37-28-6-5-27(29(38)33-28)36-20-26-23(3-1-4-25(26)30(36)39)7-11-34-9-2-10-35(14-13-34)12-8-32-31-18-21-15-22(19-31)17-24(31)16-21/h1,3-4,21-22,24,27,32H,2,5-20H2,(H,33,37,38). The highest BCUT2D eigenvalue weighted by molar-refractivity contribution is 6.05. The summed E-state index contributed by atoms with van der Waals surface area (Å²) in [5.41, 5.74) is 3.47. The van der Waals surface area contributed by atoms with Crippen LogP contribution in [0.4, 0.5) is 0 Å². The highest BCUT2D eigenvalue weighted by Crippen LogP contribution is 2.60. The molecule has 6 fully saturated rings. The van der Waals surface area contributed by atoms with Crippen molar-refractivity contribution >= 4 is 17.7 Å². The Bertz CT molecular complexity index is 1140. The molecule has 0 aromatic heterocycles. The Labute approximate surface area is 231 Å². The van der Waals surface area contributed by atoms with Gasteiger partial charge in [-0.3, -0.25) is 19.7 Å². The molecule has 4 aliphatic carbocycles. The van der Waals surface area contributed by atoms with Gasteiger partial charge in [-0.05, 0) is 99.4 Å². The minimum Gasteiger partial charge on any atom is -0.322 e. The average molecular weight is 534 g/mol. The van der Waals surface area contributed by atoms with Gasteiger partial charge in [-0.1, -0.05) is 12.1 Å².